The first-order valence-corrected chi connectivity index (χ1v) is 11.8. The molecule has 7 nitrogen and oxygen atoms in total. The van der Waals surface area contributed by atoms with E-state index in [9.17, 15) is 9.59 Å². The standard InChI is InChI=1S/C25H26N4O3S/c1-4-16(2)27-21(30)15-33-25-28-22-20(17-8-6-5-7-9-17)14-26-23(22)24(31)29(25)18-10-12-19(32-3)13-11-18/h5-14,16,26H,4,15H2,1-3H3,(H,27,30)/t16-/m0/s1. The minimum absolute atomic E-state index is 0.0895. The number of amides is 1. The number of ether oxygens (including phenoxy) is 1. The van der Waals surface area contributed by atoms with Crippen LogP contribution in [0, 0.1) is 0 Å². The van der Waals surface area contributed by atoms with Gasteiger partial charge in [0.2, 0.25) is 5.91 Å². The van der Waals surface area contributed by atoms with Gasteiger partial charge in [0.25, 0.3) is 5.56 Å². The van der Waals surface area contributed by atoms with Crippen LogP contribution in [0.3, 0.4) is 0 Å². The predicted molar refractivity (Wildman–Crippen MR) is 132 cm³/mol. The van der Waals surface area contributed by atoms with E-state index in [1.807, 2.05) is 44.2 Å². The minimum Gasteiger partial charge on any atom is -0.497 e. The van der Waals surface area contributed by atoms with Crippen LogP contribution in [-0.4, -0.2) is 39.3 Å². The summed E-state index contributed by atoms with van der Waals surface area (Å²) in [6, 6.07) is 17.1. The van der Waals surface area contributed by atoms with E-state index in [1.54, 1.807) is 37.6 Å². The summed E-state index contributed by atoms with van der Waals surface area (Å²) >= 11 is 1.24. The second-order valence-corrected chi connectivity index (χ2v) is 8.63. The fraction of sp³-hybridized carbons (Fsp3) is 0.240. The Morgan fingerprint density at radius 1 is 1.18 bits per heavy atom. The molecule has 4 aromatic rings. The molecule has 0 bridgehead atoms. The van der Waals surface area contributed by atoms with Crippen LogP contribution < -0.4 is 15.6 Å². The topological polar surface area (TPSA) is 89.0 Å². The summed E-state index contributed by atoms with van der Waals surface area (Å²) in [5, 5.41) is 3.41. The zero-order valence-electron chi connectivity index (χ0n) is 18.8. The van der Waals surface area contributed by atoms with Crippen LogP contribution in [-0.2, 0) is 4.79 Å². The van der Waals surface area contributed by atoms with E-state index in [1.165, 1.54) is 16.3 Å². The lowest BCUT2D eigenvalue weighted by atomic mass is 10.1. The van der Waals surface area contributed by atoms with Gasteiger partial charge in [-0.05, 0) is 43.2 Å². The Hall–Kier alpha value is -3.52. The van der Waals surface area contributed by atoms with Crippen molar-refractivity contribution in [2.45, 2.75) is 31.5 Å². The number of benzene rings is 2. The molecule has 2 N–H and O–H groups in total. The number of hydrogen-bond acceptors (Lipinski definition) is 5. The van der Waals surface area contributed by atoms with Crippen molar-refractivity contribution in [3.05, 3.63) is 71.1 Å². The fourth-order valence-corrected chi connectivity index (χ4v) is 4.30. The first-order valence-electron chi connectivity index (χ1n) is 10.8. The summed E-state index contributed by atoms with van der Waals surface area (Å²) in [7, 11) is 1.59. The highest BCUT2D eigenvalue weighted by atomic mass is 32.2. The summed E-state index contributed by atoms with van der Waals surface area (Å²) in [6.07, 6.45) is 2.65. The average Bonchev–Trinajstić information content (AvgIpc) is 3.27. The van der Waals surface area contributed by atoms with E-state index in [0.717, 1.165) is 17.5 Å². The highest BCUT2D eigenvalue weighted by Gasteiger charge is 2.19. The first kappa shape index (κ1) is 22.7. The molecule has 0 aliphatic carbocycles. The minimum atomic E-state index is -0.225. The Bertz CT molecular complexity index is 1310. The third-order valence-corrected chi connectivity index (χ3v) is 6.37. The molecule has 0 radical (unpaired) electrons. The number of nitrogens with zero attached hydrogens (tertiary/aromatic N) is 2. The largest absolute Gasteiger partial charge is 0.497 e. The Kier molecular flexibility index (Phi) is 6.84. The van der Waals surface area contributed by atoms with Crippen molar-refractivity contribution in [2.75, 3.05) is 12.9 Å². The smallest absolute Gasteiger partial charge is 0.283 e. The van der Waals surface area contributed by atoms with Crippen molar-refractivity contribution < 1.29 is 9.53 Å². The molecule has 8 heteroatoms. The first-order chi connectivity index (χ1) is 16.0. The van der Waals surface area contributed by atoms with Gasteiger partial charge in [-0.2, -0.15) is 0 Å². The van der Waals surface area contributed by atoms with Crippen molar-refractivity contribution in [1.29, 1.82) is 0 Å². The number of H-pyrrole nitrogens is 1. The molecule has 1 amide bonds. The number of aromatic amines is 1. The second-order valence-electron chi connectivity index (χ2n) is 7.69. The summed E-state index contributed by atoms with van der Waals surface area (Å²) in [5.41, 5.74) is 3.23. The van der Waals surface area contributed by atoms with Crippen LogP contribution >= 0.6 is 11.8 Å². The third-order valence-electron chi connectivity index (χ3n) is 5.44. The Morgan fingerprint density at radius 2 is 1.91 bits per heavy atom. The van der Waals surface area contributed by atoms with Gasteiger partial charge in [0, 0.05) is 17.8 Å². The Morgan fingerprint density at radius 3 is 2.58 bits per heavy atom. The number of methoxy groups -OCH3 is 1. The zero-order valence-corrected chi connectivity index (χ0v) is 19.6. The molecular weight excluding hydrogens is 436 g/mol. The van der Waals surface area contributed by atoms with Crippen LogP contribution in [0.1, 0.15) is 20.3 Å². The monoisotopic (exact) mass is 462 g/mol. The van der Waals surface area contributed by atoms with Crippen molar-refractivity contribution in [3.63, 3.8) is 0 Å². The summed E-state index contributed by atoms with van der Waals surface area (Å²) in [6.45, 7) is 3.98. The molecule has 2 aromatic heterocycles. The number of carbonyl (C=O) groups excluding carboxylic acids is 1. The Balaban J connectivity index is 1.81. The van der Waals surface area contributed by atoms with E-state index >= 15 is 0 Å². The lowest BCUT2D eigenvalue weighted by Crippen LogP contribution is -2.33. The average molecular weight is 463 g/mol. The van der Waals surface area contributed by atoms with E-state index < -0.39 is 0 Å². The highest BCUT2D eigenvalue weighted by molar-refractivity contribution is 7.99. The van der Waals surface area contributed by atoms with E-state index in [2.05, 4.69) is 10.3 Å². The molecule has 33 heavy (non-hydrogen) atoms. The number of rotatable bonds is 8. The molecule has 0 saturated heterocycles. The van der Waals surface area contributed by atoms with Crippen molar-refractivity contribution in [1.82, 2.24) is 19.9 Å². The van der Waals surface area contributed by atoms with Gasteiger partial charge >= 0.3 is 0 Å². The van der Waals surface area contributed by atoms with Crippen molar-refractivity contribution in [3.8, 4) is 22.6 Å². The van der Waals surface area contributed by atoms with E-state index in [-0.39, 0.29) is 23.3 Å². The lowest BCUT2D eigenvalue weighted by molar-refractivity contribution is -0.119. The quantitative estimate of drug-likeness (QED) is 0.299. The van der Waals surface area contributed by atoms with Gasteiger partial charge in [0.1, 0.15) is 16.8 Å². The molecule has 0 fully saturated rings. The number of nitrogens with one attached hydrogen (secondary N) is 2. The maximum Gasteiger partial charge on any atom is 0.283 e. The molecule has 0 aliphatic heterocycles. The van der Waals surface area contributed by atoms with E-state index in [4.69, 9.17) is 9.72 Å². The molecule has 0 aliphatic rings. The molecule has 0 spiro atoms. The summed E-state index contributed by atoms with van der Waals surface area (Å²) in [4.78, 5) is 33.9. The molecule has 2 aromatic carbocycles. The van der Waals surface area contributed by atoms with Crippen molar-refractivity contribution in [2.24, 2.45) is 0 Å². The van der Waals surface area contributed by atoms with Gasteiger partial charge in [-0.25, -0.2) is 4.98 Å². The van der Waals surface area contributed by atoms with Gasteiger partial charge in [-0.3, -0.25) is 14.2 Å². The van der Waals surface area contributed by atoms with Crippen LogP contribution in [0.4, 0.5) is 0 Å². The van der Waals surface area contributed by atoms with Gasteiger partial charge in [-0.1, -0.05) is 49.0 Å². The fourth-order valence-electron chi connectivity index (χ4n) is 3.48. The molecule has 1 atom stereocenters. The molecule has 4 rings (SSSR count). The predicted octanol–water partition coefficient (Wildman–Crippen LogP) is 4.40. The molecule has 170 valence electrons. The maximum absolute atomic E-state index is 13.6. The number of aromatic nitrogens is 3. The van der Waals surface area contributed by atoms with Crippen LogP contribution in [0.25, 0.3) is 27.8 Å². The SMILES string of the molecule is CC[C@H](C)NC(=O)CSc1nc2c(-c3ccccc3)c[nH]c2c(=O)n1-c1ccc(OC)cc1. The summed E-state index contributed by atoms with van der Waals surface area (Å²) < 4.78 is 6.78. The van der Waals surface area contributed by atoms with Gasteiger partial charge in [0.15, 0.2) is 5.16 Å². The molecular formula is C25H26N4O3S. The number of fused-ring (bicyclic) bond motifs is 1. The molecule has 0 unspecified atom stereocenters. The van der Waals surface area contributed by atoms with Gasteiger partial charge < -0.3 is 15.0 Å². The van der Waals surface area contributed by atoms with Crippen LogP contribution in [0.2, 0.25) is 0 Å². The van der Waals surface area contributed by atoms with Crippen LogP contribution in [0.5, 0.6) is 5.75 Å². The molecule has 2 heterocycles. The zero-order chi connectivity index (χ0) is 23.4. The maximum atomic E-state index is 13.6. The number of thioether (sulfide) groups is 1. The van der Waals surface area contributed by atoms with Crippen molar-refractivity contribution >= 4 is 28.7 Å². The molecule has 0 saturated carbocycles. The summed E-state index contributed by atoms with van der Waals surface area (Å²) in [5.74, 6) is 0.750. The second kappa shape index (κ2) is 9.95. The number of carbonyl (C=O) groups is 1. The van der Waals surface area contributed by atoms with Crippen LogP contribution in [0.15, 0.2) is 70.7 Å². The normalized spacial score (nSPS) is 12.0. The third kappa shape index (κ3) is 4.80. The Labute approximate surface area is 196 Å². The van der Waals surface area contributed by atoms with Gasteiger partial charge in [-0.15, -0.1) is 0 Å². The lowest BCUT2D eigenvalue weighted by Gasteiger charge is -2.14. The highest BCUT2D eigenvalue weighted by Crippen LogP contribution is 2.29. The van der Waals surface area contributed by atoms with E-state index in [0.29, 0.717) is 27.6 Å². The van der Waals surface area contributed by atoms with Gasteiger partial charge in [0.05, 0.1) is 18.6 Å². The number of hydrogen-bond donors (Lipinski definition) is 2.